The summed E-state index contributed by atoms with van der Waals surface area (Å²) in [6.07, 6.45) is 13.0. The zero-order valence-corrected chi connectivity index (χ0v) is 30.6. The number of benzene rings is 1. The third-order valence-electron chi connectivity index (χ3n) is 9.59. The molecule has 264 valence electrons. The number of hydrogen-bond acceptors (Lipinski definition) is 6. The van der Waals surface area contributed by atoms with Crippen LogP contribution >= 0.6 is 0 Å². The molecule has 6 nitrogen and oxygen atoms in total. The van der Waals surface area contributed by atoms with E-state index in [0.29, 0.717) is 30.4 Å². The molecule has 1 N–H and O–H groups in total. The Labute approximate surface area is 285 Å². The highest BCUT2D eigenvalue weighted by atomic mass is 19.1. The van der Waals surface area contributed by atoms with Crippen LogP contribution < -0.4 is 4.90 Å². The van der Waals surface area contributed by atoms with Gasteiger partial charge in [-0.15, -0.1) is 0 Å². The highest BCUT2D eigenvalue weighted by molar-refractivity contribution is 5.66. The zero-order chi connectivity index (χ0) is 34.3. The average Bonchev–Trinajstić information content (AvgIpc) is 3.66. The van der Waals surface area contributed by atoms with Crippen LogP contribution in [0, 0.1) is 18.7 Å². The van der Waals surface area contributed by atoms with Crippen LogP contribution in [0.25, 0.3) is 17.3 Å². The molecule has 7 heteroatoms. The summed E-state index contributed by atoms with van der Waals surface area (Å²) in [6.45, 7) is 20.2. The lowest BCUT2D eigenvalue weighted by Gasteiger charge is -2.35. The third-order valence-corrected chi connectivity index (χ3v) is 9.59. The lowest BCUT2D eigenvalue weighted by molar-refractivity contribution is -0.0296. The number of pyridine rings is 1. The first-order chi connectivity index (χ1) is 22.6. The normalized spacial score (nSPS) is 23.4. The number of unbranched alkanes of at least 4 members (excludes halogenated alkanes) is 2. The van der Waals surface area contributed by atoms with E-state index in [2.05, 4.69) is 76.6 Å². The quantitative estimate of drug-likeness (QED) is 0.260. The van der Waals surface area contributed by atoms with E-state index in [4.69, 9.17) is 14.2 Å². The van der Waals surface area contributed by atoms with Gasteiger partial charge in [-0.05, 0) is 75.8 Å². The standard InChI is InChI=1S/C29H41FN2O.C7H12O3.C4H10/c1-6-9-10-25(8-3)33-26-15-17-32(18-16-26)24-13-11-23(12-14-24)29-27(30)20-22(5)28(31-29)19-21(4)7-2;1-4-2-9-7-5(8)3-10-6(4)7;1-3-4-2/h11-14,19-20,25-26H,6-10,15-18H2,1-5H3;4-8H,2-3H2,1H3;3-4H2,1-2H3/b21-19-;;/t;4?,5?,6-,7-;/m.1./s1. The molecule has 4 heterocycles. The number of allylic oxidation sites excluding steroid dienone is 1. The first-order valence-electron chi connectivity index (χ1n) is 18.4. The van der Waals surface area contributed by atoms with E-state index in [0.717, 1.165) is 62.2 Å². The summed E-state index contributed by atoms with van der Waals surface area (Å²) in [4.78, 5) is 7.07. The number of nitrogens with zero attached hydrogens (tertiary/aromatic N) is 2. The van der Waals surface area contributed by atoms with Gasteiger partial charge in [0.1, 0.15) is 23.7 Å². The van der Waals surface area contributed by atoms with Gasteiger partial charge in [0.15, 0.2) is 0 Å². The summed E-state index contributed by atoms with van der Waals surface area (Å²) in [5, 5.41) is 9.27. The van der Waals surface area contributed by atoms with E-state index in [-0.39, 0.29) is 18.0 Å². The molecule has 3 aliphatic heterocycles. The molecule has 0 radical (unpaired) electrons. The number of halogens is 1. The predicted octanol–water partition coefficient (Wildman–Crippen LogP) is 9.55. The van der Waals surface area contributed by atoms with Crippen LogP contribution in [-0.2, 0) is 14.2 Å². The van der Waals surface area contributed by atoms with Crippen molar-refractivity contribution in [2.45, 2.75) is 144 Å². The molecule has 0 bridgehead atoms. The van der Waals surface area contributed by atoms with Gasteiger partial charge in [-0.1, -0.05) is 84.9 Å². The number of rotatable bonds is 11. The molecular weight excluding hydrogens is 591 g/mol. The number of aliphatic hydroxyl groups excluding tert-OH is 1. The van der Waals surface area contributed by atoms with E-state index < -0.39 is 6.10 Å². The Hall–Kier alpha value is -2.32. The van der Waals surface area contributed by atoms with Crippen LogP contribution in [0.2, 0.25) is 0 Å². The second-order valence-electron chi connectivity index (χ2n) is 13.5. The van der Waals surface area contributed by atoms with Gasteiger partial charge in [-0.3, -0.25) is 0 Å². The lowest BCUT2D eigenvalue weighted by atomic mass is 10.0. The largest absolute Gasteiger partial charge is 0.388 e. The Balaban J connectivity index is 0.000000351. The van der Waals surface area contributed by atoms with Gasteiger partial charge in [0.05, 0.1) is 37.2 Å². The number of piperidine rings is 1. The molecule has 5 atom stereocenters. The maximum atomic E-state index is 14.7. The molecule has 1 aromatic heterocycles. The molecule has 3 fully saturated rings. The van der Waals surface area contributed by atoms with Crippen molar-refractivity contribution in [3.63, 3.8) is 0 Å². The summed E-state index contributed by atoms with van der Waals surface area (Å²) >= 11 is 0. The molecule has 0 amide bonds. The Morgan fingerprint density at radius 1 is 1.02 bits per heavy atom. The number of aromatic nitrogens is 1. The minimum atomic E-state index is -0.394. The van der Waals surface area contributed by atoms with E-state index in [9.17, 15) is 9.50 Å². The molecule has 3 unspecified atom stereocenters. The van der Waals surface area contributed by atoms with E-state index in [1.165, 1.54) is 43.4 Å². The van der Waals surface area contributed by atoms with Gasteiger partial charge in [-0.25, -0.2) is 9.37 Å². The Morgan fingerprint density at radius 3 is 2.26 bits per heavy atom. The maximum absolute atomic E-state index is 14.7. The van der Waals surface area contributed by atoms with E-state index >= 15 is 0 Å². The summed E-state index contributed by atoms with van der Waals surface area (Å²) in [5.74, 6) is 0.181. The molecule has 5 rings (SSSR count). The molecular formula is C40H63FN2O4. The van der Waals surface area contributed by atoms with Crippen LogP contribution in [0.15, 0.2) is 35.9 Å². The van der Waals surface area contributed by atoms with Crippen molar-refractivity contribution >= 4 is 11.8 Å². The van der Waals surface area contributed by atoms with Gasteiger partial charge in [0.25, 0.3) is 0 Å². The number of ether oxygens (including phenoxy) is 3. The molecule has 47 heavy (non-hydrogen) atoms. The Morgan fingerprint density at radius 2 is 1.68 bits per heavy atom. The van der Waals surface area contributed by atoms with Crippen LogP contribution in [0.4, 0.5) is 10.1 Å². The van der Waals surface area contributed by atoms with Crippen molar-refractivity contribution in [1.29, 1.82) is 0 Å². The third kappa shape index (κ3) is 11.7. The number of fused-ring (bicyclic) bond motifs is 1. The Bertz CT molecular complexity index is 1190. The van der Waals surface area contributed by atoms with E-state index in [1.54, 1.807) is 6.07 Å². The topological polar surface area (TPSA) is 64.1 Å². The highest BCUT2D eigenvalue weighted by Gasteiger charge is 2.44. The van der Waals surface area contributed by atoms with Crippen molar-refractivity contribution in [1.82, 2.24) is 4.98 Å². The van der Waals surface area contributed by atoms with Gasteiger partial charge >= 0.3 is 0 Å². The summed E-state index contributed by atoms with van der Waals surface area (Å²) in [6, 6.07) is 9.79. The fourth-order valence-corrected chi connectivity index (χ4v) is 6.10. The number of aryl methyl sites for hydroxylation is 1. The molecule has 0 spiro atoms. The number of anilines is 1. The molecule has 2 aromatic rings. The van der Waals surface area contributed by atoms with Crippen molar-refractivity contribution in [3.8, 4) is 11.3 Å². The van der Waals surface area contributed by atoms with Crippen LogP contribution in [0.5, 0.6) is 0 Å². The van der Waals surface area contributed by atoms with E-state index in [1.807, 2.05) is 19.1 Å². The number of aliphatic hydroxyl groups is 1. The highest BCUT2D eigenvalue weighted by Crippen LogP contribution is 2.31. The first kappa shape index (κ1) is 39.1. The molecule has 0 saturated carbocycles. The number of hydrogen-bond donors (Lipinski definition) is 1. The fraction of sp³-hybridized carbons (Fsp3) is 0.675. The monoisotopic (exact) mass is 654 g/mol. The van der Waals surface area contributed by atoms with Crippen molar-refractivity contribution < 1.29 is 23.7 Å². The SMILES string of the molecule is CC1CO[C@@H]2C(O)CO[C@H]12.CCCC.CCCCC(CC)OC1CCN(c2ccc(-c3nc(/C=C(/C)CC)c(C)cc3F)cc2)CC1. The van der Waals surface area contributed by atoms with Gasteiger partial charge in [0, 0.05) is 30.3 Å². The van der Waals surface area contributed by atoms with Crippen molar-refractivity contribution in [2.24, 2.45) is 5.92 Å². The molecule has 0 aliphatic carbocycles. The Kier molecular flexibility index (Phi) is 16.9. The maximum Gasteiger partial charge on any atom is 0.149 e. The van der Waals surface area contributed by atoms with Gasteiger partial charge in [-0.2, -0.15) is 0 Å². The molecule has 3 aliphatic rings. The summed E-state index contributed by atoms with van der Waals surface area (Å²) in [7, 11) is 0. The van der Waals surface area contributed by atoms with Crippen LogP contribution in [0.3, 0.4) is 0 Å². The fourth-order valence-electron chi connectivity index (χ4n) is 6.10. The van der Waals surface area contributed by atoms with Gasteiger partial charge in [0.2, 0.25) is 0 Å². The lowest BCUT2D eigenvalue weighted by Crippen LogP contribution is -2.38. The van der Waals surface area contributed by atoms with Gasteiger partial charge < -0.3 is 24.2 Å². The zero-order valence-electron chi connectivity index (χ0n) is 30.6. The minimum absolute atomic E-state index is 0.0463. The van der Waals surface area contributed by atoms with Crippen molar-refractivity contribution in [2.75, 3.05) is 31.2 Å². The summed E-state index contributed by atoms with van der Waals surface area (Å²) < 4.78 is 31.8. The molecule has 3 saturated heterocycles. The predicted molar refractivity (Wildman–Crippen MR) is 193 cm³/mol. The smallest absolute Gasteiger partial charge is 0.149 e. The first-order valence-corrected chi connectivity index (χ1v) is 18.4. The second-order valence-corrected chi connectivity index (χ2v) is 13.5. The average molecular weight is 655 g/mol. The molecule has 1 aromatic carbocycles. The van der Waals surface area contributed by atoms with Crippen LogP contribution in [-0.4, -0.2) is 66.9 Å². The summed E-state index contributed by atoms with van der Waals surface area (Å²) in [5.41, 5.74) is 5.38. The van der Waals surface area contributed by atoms with Crippen molar-refractivity contribution in [3.05, 3.63) is 53.0 Å². The van der Waals surface area contributed by atoms with Crippen LogP contribution in [0.1, 0.15) is 118 Å². The minimum Gasteiger partial charge on any atom is -0.388 e. The second kappa shape index (κ2) is 20.3.